The summed E-state index contributed by atoms with van der Waals surface area (Å²) in [4.78, 5) is 24.1. The molecule has 1 aliphatic carbocycles. The first-order valence-electron chi connectivity index (χ1n) is 7.71. The Morgan fingerprint density at radius 2 is 2.26 bits per heavy atom. The highest BCUT2D eigenvalue weighted by Gasteiger charge is 2.26. The highest BCUT2D eigenvalue weighted by molar-refractivity contribution is 5.79. The summed E-state index contributed by atoms with van der Waals surface area (Å²) in [6.45, 7) is 4.11. The second kappa shape index (κ2) is 5.98. The number of hydrogen-bond acceptors (Lipinski definition) is 5. The number of hydrogen-bond donors (Lipinski definition) is 1. The van der Waals surface area contributed by atoms with Crippen LogP contribution in [0.5, 0.6) is 0 Å². The molecule has 0 bridgehead atoms. The monoisotopic (exact) mass is 316 g/mol. The number of nitrogens with one attached hydrogen (secondary N) is 1. The fourth-order valence-electron chi connectivity index (χ4n) is 2.98. The topological polar surface area (TPSA) is 90.0 Å². The largest absolute Gasteiger partial charge is 0.361 e. The van der Waals surface area contributed by atoms with Crippen LogP contribution < -0.4 is 10.9 Å². The Hall–Kier alpha value is -2.44. The molecule has 122 valence electrons. The second-order valence-electron chi connectivity index (χ2n) is 6.04. The van der Waals surface area contributed by atoms with Crippen molar-refractivity contribution in [3.05, 3.63) is 44.7 Å². The highest BCUT2D eigenvalue weighted by atomic mass is 16.5. The van der Waals surface area contributed by atoms with E-state index in [1.807, 2.05) is 13.8 Å². The summed E-state index contributed by atoms with van der Waals surface area (Å²) in [6, 6.07) is 1.59. The van der Waals surface area contributed by atoms with Crippen molar-refractivity contribution >= 4 is 5.91 Å². The van der Waals surface area contributed by atoms with Gasteiger partial charge in [-0.3, -0.25) is 9.59 Å². The molecular formula is C16H20N4O3. The Bertz CT molecular complexity index is 787. The van der Waals surface area contributed by atoms with Crippen LogP contribution in [0.2, 0.25) is 0 Å². The standard InChI is InChI=1S/C16H20N4O3/c1-9-13(10(2)23-19-9)8-17-16(22)11-4-5-14-12(6-11)7-15(21)20(3)18-14/h7,11H,4-6,8H2,1-3H3,(H,17,22)/t11-/m0/s1. The van der Waals surface area contributed by atoms with Gasteiger partial charge in [0.1, 0.15) is 5.76 Å². The molecule has 0 saturated heterocycles. The molecule has 0 fully saturated rings. The molecule has 1 atom stereocenters. The molecule has 7 heteroatoms. The van der Waals surface area contributed by atoms with Crippen molar-refractivity contribution in [2.75, 3.05) is 0 Å². The van der Waals surface area contributed by atoms with Gasteiger partial charge in [-0.1, -0.05) is 5.16 Å². The summed E-state index contributed by atoms with van der Waals surface area (Å²) >= 11 is 0. The van der Waals surface area contributed by atoms with Gasteiger partial charge in [-0.05, 0) is 38.7 Å². The number of carbonyl (C=O) groups is 1. The van der Waals surface area contributed by atoms with Crippen molar-refractivity contribution in [3.8, 4) is 0 Å². The molecule has 2 aromatic heterocycles. The van der Waals surface area contributed by atoms with Crippen LogP contribution in [-0.2, 0) is 31.2 Å². The van der Waals surface area contributed by atoms with Crippen molar-refractivity contribution in [1.29, 1.82) is 0 Å². The predicted molar refractivity (Wildman–Crippen MR) is 82.8 cm³/mol. The van der Waals surface area contributed by atoms with Crippen molar-refractivity contribution in [2.45, 2.75) is 39.7 Å². The van der Waals surface area contributed by atoms with Gasteiger partial charge in [-0.25, -0.2) is 4.68 Å². The average Bonchev–Trinajstić information content (AvgIpc) is 2.84. The molecule has 0 unspecified atom stereocenters. The molecule has 1 N–H and O–H groups in total. The molecule has 0 saturated carbocycles. The van der Waals surface area contributed by atoms with E-state index < -0.39 is 0 Å². The SMILES string of the molecule is Cc1noc(C)c1CNC(=O)[C@H]1CCc2nn(C)c(=O)cc2C1. The maximum Gasteiger partial charge on any atom is 0.266 e. The predicted octanol–water partition coefficient (Wildman–Crippen LogP) is 0.806. The molecular weight excluding hydrogens is 296 g/mol. The molecule has 0 aliphatic heterocycles. The van der Waals surface area contributed by atoms with Gasteiger partial charge >= 0.3 is 0 Å². The number of carbonyl (C=O) groups excluding carboxylic acids is 1. The lowest BCUT2D eigenvalue weighted by atomic mass is 9.86. The van der Waals surface area contributed by atoms with Crippen LogP contribution in [0.3, 0.4) is 0 Å². The molecule has 0 aromatic carbocycles. The lowest BCUT2D eigenvalue weighted by Gasteiger charge is -2.23. The Labute approximate surface area is 133 Å². The van der Waals surface area contributed by atoms with E-state index in [2.05, 4.69) is 15.6 Å². The van der Waals surface area contributed by atoms with Crippen LogP contribution in [0.1, 0.15) is 34.7 Å². The number of aryl methyl sites for hydroxylation is 4. The molecule has 23 heavy (non-hydrogen) atoms. The fourth-order valence-corrected chi connectivity index (χ4v) is 2.98. The van der Waals surface area contributed by atoms with Crippen molar-refractivity contribution in [1.82, 2.24) is 20.3 Å². The fraction of sp³-hybridized carbons (Fsp3) is 0.500. The number of fused-ring (bicyclic) bond motifs is 1. The minimum absolute atomic E-state index is 0.00340. The number of aromatic nitrogens is 3. The Balaban J connectivity index is 1.67. The minimum atomic E-state index is -0.138. The van der Waals surface area contributed by atoms with Crippen LogP contribution in [0.15, 0.2) is 15.4 Å². The van der Waals surface area contributed by atoms with Crippen molar-refractivity contribution in [3.63, 3.8) is 0 Å². The average molecular weight is 316 g/mol. The van der Waals surface area contributed by atoms with Gasteiger partial charge in [0.2, 0.25) is 5.91 Å². The molecule has 3 rings (SSSR count). The van der Waals surface area contributed by atoms with E-state index in [4.69, 9.17) is 4.52 Å². The Kier molecular flexibility index (Phi) is 4.02. The first-order chi connectivity index (χ1) is 11.0. The third kappa shape index (κ3) is 3.04. The van der Waals surface area contributed by atoms with Crippen LogP contribution in [0, 0.1) is 19.8 Å². The maximum atomic E-state index is 12.4. The third-order valence-electron chi connectivity index (χ3n) is 4.45. The van der Waals surface area contributed by atoms with Gasteiger partial charge < -0.3 is 9.84 Å². The molecule has 0 spiro atoms. The highest BCUT2D eigenvalue weighted by Crippen LogP contribution is 2.23. The summed E-state index contributed by atoms with van der Waals surface area (Å²) in [7, 11) is 1.64. The first kappa shape index (κ1) is 15.5. The zero-order valence-electron chi connectivity index (χ0n) is 13.5. The quantitative estimate of drug-likeness (QED) is 0.905. The second-order valence-corrected chi connectivity index (χ2v) is 6.04. The van der Waals surface area contributed by atoms with E-state index in [1.165, 1.54) is 4.68 Å². The summed E-state index contributed by atoms with van der Waals surface area (Å²) < 4.78 is 6.44. The van der Waals surface area contributed by atoms with Crippen LogP contribution >= 0.6 is 0 Å². The zero-order valence-corrected chi connectivity index (χ0v) is 13.5. The molecule has 1 aliphatic rings. The van der Waals surface area contributed by atoms with Gasteiger partial charge in [-0.15, -0.1) is 0 Å². The normalized spacial score (nSPS) is 16.9. The van der Waals surface area contributed by atoms with Crippen molar-refractivity contribution < 1.29 is 9.32 Å². The van der Waals surface area contributed by atoms with Crippen LogP contribution in [-0.4, -0.2) is 20.8 Å². The van der Waals surface area contributed by atoms with E-state index in [1.54, 1.807) is 13.1 Å². The summed E-state index contributed by atoms with van der Waals surface area (Å²) in [5.74, 6) is 0.595. The van der Waals surface area contributed by atoms with E-state index >= 15 is 0 Å². The molecule has 7 nitrogen and oxygen atoms in total. The Morgan fingerprint density at radius 1 is 1.48 bits per heavy atom. The number of rotatable bonds is 3. The maximum absolute atomic E-state index is 12.4. The van der Waals surface area contributed by atoms with Crippen LogP contribution in [0.4, 0.5) is 0 Å². The zero-order chi connectivity index (χ0) is 16.6. The van der Waals surface area contributed by atoms with Gasteiger partial charge in [0.15, 0.2) is 0 Å². The number of amides is 1. The summed E-state index contributed by atoms with van der Waals surface area (Å²) in [6.07, 6.45) is 2.02. The van der Waals surface area contributed by atoms with Crippen LogP contribution in [0.25, 0.3) is 0 Å². The van der Waals surface area contributed by atoms with E-state index in [9.17, 15) is 9.59 Å². The first-order valence-corrected chi connectivity index (χ1v) is 7.71. The van der Waals surface area contributed by atoms with E-state index in [0.29, 0.717) is 19.4 Å². The van der Waals surface area contributed by atoms with Gasteiger partial charge in [0.05, 0.1) is 11.4 Å². The Morgan fingerprint density at radius 3 is 2.96 bits per heavy atom. The molecule has 2 aromatic rings. The van der Waals surface area contributed by atoms with E-state index in [-0.39, 0.29) is 17.4 Å². The number of nitrogens with zero attached hydrogens (tertiary/aromatic N) is 3. The lowest BCUT2D eigenvalue weighted by Crippen LogP contribution is -2.35. The van der Waals surface area contributed by atoms with E-state index in [0.717, 1.165) is 34.7 Å². The lowest BCUT2D eigenvalue weighted by molar-refractivity contribution is -0.125. The van der Waals surface area contributed by atoms with Crippen molar-refractivity contribution in [2.24, 2.45) is 13.0 Å². The molecule has 0 radical (unpaired) electrons. The summed E-state index contributed by atoms with van der Waals surface area (Å²) in [5.41, 5.74) is 3.38. The minimum Gasteiger partial charge on any atom is -0.361 e. The van der Waals surface area contributed by atoms with Gasteiger partial charge in [-0.2, -0.15) is 5.10 Å². The summed E-state index contributed by atoms with van der Waals surface area (Å²) in [5, 5.41) is 11.1. The molecule has 1 amide bonds. The third-order valence-corrected chi connectivity index (χ3v) is 4.45. The molecule has 2 heterocycles. The van der Waals surface area contributed by atoms with Gasteiger partial charge in [0, 0.05) is 31.1 Å². The smallest absolute Gasteiger partial charge is 0.266 e. The van der Waals surface area contributed by atoms with Gasteiger partial charge in [0.25, 0.3) is 5.56 Å².